The summed E-state index contributed by atoms with van der Waals surface area (Å²) < 4.78 is 2.00. The summed E-state index contributed by atoms with van der Waals surface area (Å²) in [5, 5.41) is 2.93. The van der Waals surface area contributed by atoms with Crippen LogP contribution in [-0.4, -0.2) is 22.0 Å². The Morgan fingerprint density at radius 2 is 2.10 bits per heavy atom. The fourth-order valence-electron chi connectivity index (χ4n) is 2.07. The molecule has 0 bridgehead atoms. The first-order valence-corrected chi connectivity index (χ1v) is 6.79. The number of hydrogen-bond acceptors (Lipinski definition) is 3. The second-order valence-electron chi connectivity index (χ2n) is 4.65. The van der Waals surface area contributed by atoms with Crippen LogP contribution in [0, 0.1) is 0 Å². The van der Waals surface area contributed by atoms with Crippen molar-refractivity contribution in [2.45, 2.75) is 25.9 Å². The van der Waals surface area contributed by atoms with E-state index in [1.54, 1.807) is 12.5 Å². The van der Waals surface area contributed by atoms with E-state index in [2.05, 4.69) is 10.3 Å². The number of aryl methyl sites for hydroxylation is 1. The van der Waals surface area contributed by atoms with E-state index in [0.717, 1.165) is 24.1 Å². The highest BCUT2D eigenvalue weighted by Gasteiger charge is 2.06. The van der Waals surface area contributed by atoms with Gasteiger partial charge in [-0.3, -0.25) is 4.79 Å². The van der Waals surface area contributed by atoms with E-state index < -0.39 is 0 Å². The van der Waals surface area contributed by atoms with E-state index in [1.807, 2.05) is 35.0 Å². The smallest absolute Gasteiger partial charge is 0.224 e. The van der Waals surface area contributed by atoms with E-state index in [1.165, 1.54) is 0 Å². The van der Waals surface area contributed by atoms with Crippen LogP contribution in [0.2, 0.25) is 0 Å². The topological polar surface area (TPSA) is 72.9 Å². The lowest BCUT2D eigenvalue weighted by atomic mass is 10.0. The van der Waals surface area contributed by atoms with Gasteiger partial charge in [0.2, 0.25) is 5.91 Å². The molecule has 5 heteroatoms. The van der Waals surface area contributed by atoms with Gasteiger partial charge in [0.05, 0.1) is 12.7 Å². The van der Waals surface area contributed by atoms with E-state index in [9.17, 15) is 4.79 Å². The van der Waals surface area contributed by atoms with Gasteiger partial charge in [-0.05, 0) is 17.5 Å². The van der Waals surface area contributed by atoms with Crippen molar-refractivity contribution in [2.24, 2.45) is 5.73 Å². The minimum atomic E-state index is 0.0385. The predicted octanol–water partition coefficient (Wildman–Crippen LogP) is 1.09. The lowest BCUT2D eigenvalue weighted by molar-refractivity contribution is -0.120. The average molecular weight is 272 g/mol. The van der Waals surface area contributed by atoms with Gasteiger partial charge < -0.3 is 15.6 Å². The van der Waals surface area contributed by atoms with Gasteiger partial charge in [-0.1, -0.05) is 24.3 Å². The number of nitrogens with zero attached hydrogens (tertiary/aromatic N) is 2. The third-order valence-electron chi connectivity index (χ3n) is 3.16. The van der Waals surface area contributed by atoms with Crippen LogP contribution in [0.3, 0.4) is 0 Å². The van der Waals surface area contributed by atoms with Crippen molar-refractivity contribution >= 4 is 5.91 Å². The van der Waals surface area contributed by atoms with Crippen LogP contribution >= 0.6 is 0 Å². The molecule has 106 valence electrons. The number of carbonyl (C=O) groups excluding carboxylic acids is 1. The highest BCUT2D eigenvalue weighted by molar-refractivity contribution is 5.78. The molecule has 0 aliphatic rings. The second kappa shape index (κ2) is 7.45. The number of hydrogen-bond donors (Lipinski definition) is 2. The van der Waals surface area contributed by atoms with Crippen molar-refractivity contribution < 1.29 is 4.79 Å². The molecule has 20 heavy (non-hydrogen) atoms. The van der Waals surface area contributed by atoms with Crippen LogP contribution in [0.1, 0.15) is 17.5 Å². The van der Waals surface area contributed by atoms with Crippen LogP contribution in [0.25, 0.3) is 0 Å². The number of imidazole rings is 1. The monoisotopic (exact) mass is 272 g/mol. The molecular weight excluding hydrogens is 252 g/mol. The molecule has 1 aromatic carbocycles. The van der Waals surface area contributed by atoms with Crippen molar-refractivity contribution in [3.63, 3.8) is 0 Å². The Bertz CT molecular complexity index is 537. The standard InChI is InChI=1S/C15H20N4O/c16-11-14-5-2-1-4-13(14)10-15(20)18-6-3-8-19-9-7-17-12-19/h1-2,4-5,7,9,12H,3,6,8,10-11,16H2,(H,18,20). The lowest BCUT2D eigenvalue weighted by Gasteiger charge is -2.08. The number of nitrogens with one attached hydrogen (secondary N) is 1. The fourth-order valence-corrected chi connectivity index (χ4v) is 2.07. The Hall–Kier alpha value is -2.14. The van der Waals surface area contributed by atoms with E-state index in [-0.39, 0.29) is 5.91 Å². The molecule has 0 saturated heterocycles. The molecule has 0 aliphatic heterocycles. The summed E-state index contributed by atoms with van der Waals surface area (Å²) in [5.74, 6) is 0.0385. The number of nitrogens with two attached hydrogens (primary N) is 1. The Morgan fingerprint density at radius 3 is 2.80 bits per heavy atom. The van der Waals surface area contributed by atoms with Crippen LogP contribution in [-0.2, 0) is 24.3 Å². The molecule has 0 radical (unpaired) electrons. The summed E-state index contributed by atoms with van der Waals surface area (Å²) in [6, 6.07) is 7.78. The SMILES string of the molecule is NCc1ccccc1CC(=O)NCCCn1ccnc1. The van der Waals surface area contributed by atoms with Crippen LogP contribution < -0.4 is 11.1 Å². The molecule has 0 fully saturated rings. The zero-order chi connectivity index (χ0) is 14.2. The molecule has 0 unspecified atom stereocenters. The summed E-state index contributed by atoms with van der Waals surface area (Å²) in [6.45, 7) is 1.99. The lowest BCUT2D eigenvalue weighted by Crippen LogP contribution is -2.27. The van der Waals surface area contributed by atoms with Gasteiger partial charge in [-0.25, -0.2) is 4.98 Å². The highest BCUT2D eigenvalue weighted by atomic mass is 16.1. The molecule has 2 rings (SSSR count). The van der Waals surface area contributed by atoms with Gasteiger partial charge >= 0.3 is 0 Å². The molecule has 0 spiro atoms. The highest BCUT2D eigenvalue weighted by Crippen LogP contribution is 2.08. The molecule has 2 aromatic rings. The van der Waals surface area contributed by atoms with Gasteiger partial charge in [-0.15, -0.1) is 0 Å². The van der Waals surface area contributed by atoms with Gasteiger partial charge in [0.15, 0.2) is 0 Å². The van der Waals surface area contributed by atoms with Crippen molar-refractivity contribution in [2.75, 3.05) is 6.54 Å². The summed E-state index contributed by atoms with van der Waals surface area (Å²) in [7, 11) is 0. The molecule has 0 saturated carbocycles. The number of carbonyl (C=O) groups is 1. The first kappa shape index (κ1) is 14.3. The molecule has 3 N–H and O–H groups in total. The normalized spacial score (nSPS) is 10.4. The maximum Gasteiger partial charge on any atom is 0.224 e. The largest absolute Gasteiger partial charge is 0.356 e. The number of aromatic nitrogens is 2. The van der Waals surface area contributed by atoms with Crippen LogP contribution in [0.15, 0.2) is 43.0 Å². The number of benzene rings is 1. The van der Waals surface area contributed by atoms with Crippen LogP contribution in [0.5, 0.6) is 0 Å². The number of amides is 1. The summed E-state index contributed by atoms with van der Waals surface area (Å²) in [4.78, 5) is 15.8. The molecule has 0 atom stereocenters. The maximum absolute atomic E-state index is 11.9. The fraction of sp³-hybridized carbons (Fsp3) is 0.333. The summed E-state index contributed by atoms with van der Waals surface area (Å²) >= 11 is 0. The van der Waals surface area contributed by atoms with Gasteiger partial charge in [0.25, 0.3) is 0 Å². The van der Waals surface area contributed by atoms with Gasteiger partial charge in [0.1, 0.15) is 0 Å². The maximum atomic E-state index is 11.9. The Morgan fingerprint density at radius 1 is 1.30 bits per heavy atom. The predicted molar refractivity (Wildman–Crippen MR) is 77.9 cm³/mol. The van der Waals surface area contributed by atoms with E-state index in [0.29, 0.717) is 19.5 Å². The summed E-state index contributed by atoms with van der Waals surface area (Å²) in [5.41, 5.74) is 7.69. The molecular formula is C15H20N4O. The first-order chi connectivity index (χ1) is 9.79. The molecule has 5 nitrogen and oxygen atoms in total. The summed E-state index contributed by atoms with van der Waals surface area (Å²) in [6.07, 6.45) is 6.72. The van der Waals surface area contributed by atoms with E-state index >= 15 is 0 Å². The van der Waals surface area contributed by atoms with Crippen molar-refractivity contribution in [3.8, 4) is 0 Å². The first-order valence-electron chi connectivity index (χ1n) is 6.79. The number of rotatable bonds is 7. The van der Waals surface area contributed by atoms with Gasteiger partial charge in [-0.2, -0.15) is 0 Å². The van der Waals surface area contributed by atoms with Crippen molar-refractivity contribution in [1.29, 1.82) is 0 Å². The van der Waals surface area contributed by atoms with Crippen LogP contribution in [0.4, 0.5) is 0 Å². The Balaban J connectivity index is 1.72. The zero-order valence-corrected chi connectivity index (χ0v) is 11.5. The molecule has 1 heterocycles. The van der Waals surface area contributed by atoms with E-state index in [4.69, 9.17) is 5.73 Å². The third kappa shape index (κ3) is 4.20. The van der Waals surface area contributed by atoms with Crippen molar-refractivity contribution in [1.82, 2.24) is 14.9 Å². The molecule has 1 amide bonds. The third-order valence-corrected chi connectivity index (χ3v) is 3.16. The molecule has 1 aromatic heterocycles. The molecule has 0 aliphatic carbocycles. The minimum absolute atomic E-state index is 0.0385. The van der Waals surface area contributed by atoms with Crippen molar-refractivity contribution in [3.05, 3.63) is 54.1 Å². The quantitative estimate of drug-likeness (QED) is 0.741. The second-order valence-corrected chi connectivity index (χ2v) is 4.65. The minimum Gasteiger partial charge on any atom is -0.356 e. The Labute approximate surface area is 118 Å². The Kier molecular flexibility index (Phi) is 5.32. The average Bonchev–Trinajstić information content (AvgIpc) is 2.97. The zero-order valence-electron chi connectivity index (χ0n) is 11.5. The van der Waals surface area contributed by atoms with Gasteiger partial charge in [0, 0.05) is 32.0 Å².